The number of anilines is 1. The number of carbonyl (C=O) groups excluding carboxylic acids is 1. The topological polar surface area (TPSA) is 75.5 Å². The van der Waals surface area contributed by atoms with Gasteiger partial charge in [-0.15, -0.1) is 0 Å². The fourth-order valence-corrected chi connectivity index (χ4v) is 3.47. The molecule has 7 heteroatoms. The predicted molar refractivity (Wildman–Crippen MR) is 92.8 cm³/mol. The van der Waals surface area contributed by atoms with Crippen molar-refractivity contribution < 1.29 is 9.72 Å². The monoisotopic (exact) mass is 387 g/mol. The van der Waals surface area contributed by atoms with Gasteiger partial charge in [-0.1, -0.05) is 18.2 Å². The van der Waals surface area contributed by atoms with Crippen molar-refractivity contribution in [3.05, 3.63) is 68.2 Å². The Morgan fingerprint density at radius 1 is 1.21 bits per heavy atom. The van der Waals surface area contributed by atoms with Crippen LogP contribution in [-0.2, 0) is 0 Å². The third-order valence-electron chi connectivity index (χ3n) is 4.39. The van der Waals surface area contributed by atoms with Crippen molar-refractivity contribution in [2.75, 3.05) is 5.32 Å². The van der Waals surface area contributed by atoms with Gasteiger partial charge in [0, 0.05) is 23.4 Å². The summed E-state index contributed by atoms with van der Waals surface area (Å²) in [5, 5.41) is 14.6. The van der Waals surface area contributed by atoms with Gasteiger partial charge in [-0.25, -0.2) is 0 Å². The van der Waals surface area contributed by atoms with Crippen molar-refractivity contribution in [1.29, 1.82) is 0 Å². The van der Waals surface area contributed by atoms with Crippen LogP contribution in [0.1, 0.15) is 34.9 Å². The van der Waals surface area contributed by atoms with Crippen LogP contribution in [0.2, 0.25) is 0 Å². The average molecular weight is 388 g/mol. The Kier molecular flexibility index (Phi) is 3.53. The second-order valence-corrected chi connectivity index (χ2v) is 6.86. The van der Waals surface area contributed by atoms with E-state index in [4.69, 9.17) is 0 Å². The smallest absolute Gasteiger partial charge is 0.283 e. The summed E-state index contributed by atoms with van der Waals surface area (Å²) in [5.74, 6) is -0.0255. The summed E-state index contributed by atoms with van der Waals surface area (Å²) in [7, 11) is 0. The first-order valence-electron chi connectivity index (χ1n) is 7.68. The maximum absolute atomic E-state index is 12.9. The molecule has 24 heavy (non-hydrogen) atoms. The molecule has 2 aromatic rings. The summed E-state index contributed by atoms with van der Waals surface area (Å²) in [6.07, 6.45) is 1.53. The summed E-state index contributed by atoms with van der Waals surface area (Å²) < 4.78 is 0.428. The number of benzene rings is 2. The van der Waals surface area contributed by atoms with E-state index in [-0.39, 0.29) is 17.6 Å². The zero-order valence-corrected chi connectivity index (χ0v) is 14.2. The number of nitro groups is 1. The van der Waals surface area contributed by atoms with Crippen LogP contribution in [0.5, 0.6) is 0 Å². The zero-order chi connectivity index (χ0) is 16.8. The van der Waals surface area contributed by atoms with E-state index in [1.165, 1.54) is 6.07 Å². The van der Waals surface area contributed by atoms with Crippen LogP contribution in [0.15, 0.2) is 46.9 Å². The minimum Gasteiger partial charge on any atom is -0.361 e. The number of carbonyl (C=O) groups is 1. The minimum atomic E-state index is -0.423. The number of halogens is 1. The molecule has 0 aromatic heterocycles. The second-order valence-electron chi connectivity index (χ2n) is 6.00. The Labute approximate surface area is 146 Å². The Morgan fingerprint density at radius 2 is 1.96 bits per heavy atom. The Hall–Kier alpha value is -2.41. The lowest BCUT2D eigenvalue weighted by Crippen LogP contribution is -2.44. The number of fused-ring (bicyclic) bond motifs is 1. The van der Waals surface area contributed by atoms with Crippen LogP contribution in [0.25, 0.3) is 0 Å². The number of hydrogen-bond acceptors (Lipinski definition) is 4. The molecule has 122 valence electrons. The number of amides is 1. The van der Waals surface area contributed by atoms with Gasteiger partial charge >= 0.3 is 0 Å². The van der Waals surface area contributed by atoms with Gasteiger partial charge in [0.15, 0.2) is 0 Å². The van der Waals surface area contributed by atoms with Gasteiger partial charge in [0.2, 0.25) is 0 Å². The molecule has 0 saturated heterocycles. The van der Waals surface area contributed by atoms with E-state index in [2.05, 4.69) is 21.2 Å². The van der Waals surface area contributed by atoms with E-state index in [0.717, 1.165) is 18.5 Å². The minimum absolute atomic E-state index is 0.00338. The molecule has 2 aromatic carbocycles. The third kappa shape index (κ3) is 2.45. The molecular formula is C17H14BrN3O3. The standard InChI is InChI=1S/C17H14BrN3O3/c18-13-8-5-10(9-15(13)21(23)24)16-19-14-4-2-1-3-12(14)17(22)20(16)11-6-7-11/h1-5,8-9,11,16,19H,6-7H2/t16-/m1/s1. The largest absolute Gasteiger partial charge is 0.361 e. The number of hydrogen-bond donors (Lipinski definition) is 1. The van der Waals surface area contributed by atoms with Gasteiger partial charge < -0.3 is 10.2 Å². The van der Waals surface area contributed by atoms with Gasteiger partial charge in [-0.05, 0) is 47.0 Å². The van der Waals surface area contributed by atoms with Crippen molar-refractivity contribution >= 4 is 33.2 Å². The van der Waals surface area contributed by atoms with Crippen molar-refractivity contribution in [1.82, 2.24) is 4.90 Å². The molecule has 2 aliphatic rings. The Morgan fingerprint density at radius 3 is 2.67 bits per heavy atom. The van der Waals surface area contributed by atoms with Crippen LogP contribution in [0.4, 0.5) is 11.4 Å². The molecule has 1 N–H and O–H groups in total. The lowest BCUT2D eigenvalue weighted by Gasteiger charge is -2.38. The second kappa shape index (κ2) is 5.59. The molecule has 1 amide bonds. The molecule has 6 nitrogen and oxygen atoms in total. The highest BCUT2D eigenvalue weighted by atomic mass is 79.9. The highest BCUT2D eigenvalue weighted by Crippen LogP contribution is 2.41. The fraction of sp³-hybridized carbons (Fsp3) is 0.235. The van der Waals surface area contributed by atoms with E-state index in [9.17, 15) is 14.9 Å². The normalized spacial score (nSPS) is 19.6. The molecule has 1 atom stereocenters. The fourth-order valence-electron chi connectivity index (χ4n) is 3.08. The van der Waals surface area contributed by atoms with E-state index >= 15 is 0 Å². The molecule has 1 fully saturated rings. The highest BCUT2D eigenvalue weighted by molar-refractivity contribution is 9.10. The van der Waals surface area contributed by atoms with Crippen LogP contribution >= 0.6 is 15.9 Å². The quantitative estimate of drug-likeness (QED) is 0.635. The molecule has 0 spiro atoms. The summed E-state index contributed by atoms with van der Waals surface area (Å²) in [6.45, 7) is 0. The van der Waals surface area contributed by atoms with E-state index in [0.29, 0.717) is 15.6 Å². The summed E-state index contributed by atoms with van der Waals surface area (Å²) in [5.41, 5.74) is 2.11. The van der Waals surface area contributed by atoms with Crippen LogP contribution in [-0.4, -0.2) is 21.8 Å². The van der Waals surface area contributed by atoms with Crippen molar-refractivity contribution in [2.24, 2.45) is 0 Å². The number of nitrogens with one attached hydrogen (secondary N) is 1. The molecule has 1 heterocycles. The van der Waals surface area contributed by atoms with Gasteiger partial charge in [-0.3, -0.25) is 14.9 Å². The number of rotatable bonds is 3. The van der Waals surface area contributed by atoms with E-state index in [1.54, 1.807) is 12.1 Å². The first-order chi connectivity index (χ1) is 11.6. The van der Waals surface area contributed by atoms with E-state index in [1.807, 2.05) is 29.2 Å². The number of nitro benzene ring substituents is 1. The molecule has 4 rings (SSSR count). The van der Waals surface area contributed by atoms with E-state index < -0.39 is 11.1 Å². The lowest BCUT2D eigenvalue weighted by atomic mass is 10.0. The van der Waals surface area contributed by atoms with Crippen molar-refractivity contribution in [2.45, 2.75) is 25.0 Å². The summed E-state index contributed by atoms with van der Waals surface area (Å²) in [4.78, 5) is 25.5. The zero-order valence-electron chi connectivity index (χ0n) is 12.6. The van der Waals surface area contributed by atoms with Gasteiger partial charge in [0.25, 0.3) is 11.6 Å². The predicted octanol–water partition coefficient (Wildman–Crippen LogP) is 4.09. The molecule has 1 saturated carbocycles. The average Bonchev–Trinajstić information content (AvgIpc) is 3.39. The van der Waals surface area contributed by atoms with Crippen molar-refractivity contribution in [3.63, 3.8) is 0 Å². The Bertz CT molecular complexity index is 851. The van der Waals surface area contributed by atoms with Crippen molar-refractivity contribution in [3.8, 4) is 0 Å². The molecule has 1 aliphatic heterocycles. The third-order valence-corrected chi connectivity index (χ3v) is 5.06. The van der Waals surface area contributed by atoms with Crippen LogP contribution in [0.3, 0.4) is 0 Å². The molecule has 0 bridgehead atoms. The maximum atomic E-state index is 12.9. The van der Waals surface area contributed by atoms with Gasteiger partial charge in [-0.2, -0.15) is 0 Å². The summed E-state index contributed by atoms with van der Waals surface area (Å²) in [6, 6.07) is 12.6. The number of para-hydroxylation sites is 1. The first kappa shape index (κ1) is 15.1. The SMILES string of the molecule is O=C1c2ccccc2N[C@@H](c2ccc(Br)c([N+](=O)[O-])c2)N1C1CC1. The van der Waals surface area contributed by atoms with Gasteiger partial charge in [0.1, 0.15) is 6.17 Å². The summed E-state index contributed by atoms with van der Waals surface area (Å²) >= 11 is 3.21. The molecule has 1 aliphatic carbocycles. The van der Waals surface area contributed by atoms with Crippen LogP contribution < -0.4 is 5.32 Å². The molecule has 0 radical (unpaired) electrons. The highest BCUT2D eigenvalue weighted by Gasteiger charge is 2.42. The molecular weight excluding hydrogens is 374 g/mol. The van der Waals surface area contributed by atoms with Gasteiger partial charge in [0.05, 0.1) is 15.0 Å². The first-order valence-corrected chi connectivity index (χ1v) is 8.47. The maximum Gasteiger partial charge on any atom is 0.283 e. The van der Waals surface area contributed by atoms with Crippen LogP contribution in [0, 0.1) is 10.1 Å². The Balaban J connectivity index is 1.80. The molecule has 0 unspecified atom stereocenters. The number of nitrogens with zero attached hydrogens (tertiary/aromatic N) is 2. The lowest BCUT2D eigenvalue weighted by molar-refractivity contribution is -0.385.